The van der Waals surface area contributed by atoms with Gasteiger partial charge >= 0.3 is 0 Å². The van der Waals surface area contributed by atoms with Crippen molar-refractivity contribution in [2.75, 3.05) is 24.2 Å². The van der Waals surface area contributed by atoms with Crippen LogP contribution in [0.5, 0.6) is 0 Å². The summed E-state index contributed by atoms with van der Waals surface area (Å²) in [6, 6.07) is 1.87. The van der Waals surface area contributed by atoms with Crippen molar-refractivity contribution in [1.29, 1.82) is 0 Å². The van der Waals surface area contributed by atoms with Gasteiger partial charge in [-0.15, -0.1) is 15.3 Å². The minimum Gasteiger partial charge on any atom is -0.341 e. The van der Waals surface area contributed by atoms with Crippen LogP contribution in [0.2, 0.25) is 0 Å². The van der Waals surface area contributed by atoms with Gasteiger partial charge in [-0.2, -0.15) is 9.50 Å². The second-order valence-corrected chi connectivity index (χ2v) is 7.15. The first-order chi connectivity index (χ1) is 12.2. The lowest BCUT2D eigenvalue weighted by Gasteiger charge is -2.30. The molecule has 1 atom stereocenters. The second-order valence-electron chi connectivity index (χ2n) is 6.38. The molecule has 0 radical (unpaired) electrons. The average molecular weight is 356 g/mol. The third-order valence-electron chi connectivity index (χ3n) is 4.48. The zero-order chi connectivity index (χ0) is 17.4. The van der Waals surface area contributed by atoms with Gasteiger partial charge in [-0.25, -0.2) is 9.97 Å². The zero-order valence-electron chi connectivity index (χ0n) is 14.5. The molecule has 0 N–H and O–H groups in total. The molecule has 0 spiro atoms. The van der Waals surface area contributed by atoms with Crippen LogP contribution in [-0.4, -0.2) is 54.1 Å². The molecule has 1 aliphatic rings. The first kappa shape index (κ1) is 16.2. The van der Waals surface area contributed by atoms with Crippen LogP contribution in [0.1, 0.15) is 25.5 Å². The molecule has 1 saturated heterocycles. The minimum absolute atomic E-state index is 0.504. The van der Waals surface area contributed by atoms with E-state index in [2.05, 4.69) is 37.1 Å². The summed E-state index contributed by atoms with van der Waals surface area (Å²) in [4.78, 5) is 15.8. The van der Waals surface area contributed by atoms with E-state index < -0.39 is 0 Å². The number of aryl methyl sites for hydroxylation is 1. The molecule has 1 unspecified atom stereocenters. The Morgan fingerprint density at radius 2 is 2.12 bits per heavy atom. The van der Waals surface area contributed by atoms with Crippen molar-refractivity contribution >= 4 is 23.5 Å². The van der Waals surface area contributed by atoms with Crippen LogP contribution in [0.3, 0.4) is 0 Å². The lowest BCUT2D eigenvalue weighted by Crippen LogP contribution is -2.35. The van der Waals surface area contributed by atoms with Gasteiger partial charge in [-0.1, -0.05) is 18.7 Å². The van der Waals surface area contributed by atoms with Gasteiger partial charge in [0.15, 0.2) is 0 Å². The van der Waals surface area contributed by atoms with Crippen LogP contribution in [0.4, 0.5) is 5.95 Å². The van der Waals surface area contributed by atoms with Crippen LogP contribution >= 0.6 is 11.8 Å². The topological polar surface area (TPSA) is 85.0 Å². The number of piperidine rings is 1. The molecule has 9 heteroatoms. The Kier molecular flexibility index (Phi) is 4.24. The van der Waals surface area contributed by atoms with E-state index >= 15 is 0 Å². The van der Waals surface area contributed by atoms with E-state index in [0.29, 0.717) is 22.5 Å². The van der Waals surface area contributed by atoms with Gasteiger partial charge < -0.3 is 4.90 Å². The van der Waals surface area contributed by atoms with Crippen LogP contribution in [0.15, 0.2) is 17.4 Å². The Balaban J connectivity index is 1.73. The fourth-order valence-corrected chi connectivity index (χ4v) is 3.51. The molecule has 3 aromatic rings. The highest BCUT2D eigenvalue weighted by Gasteiger charge is 2.20. The summed E-state index contributed by atoms with van der Waals surface area (Å²) < 4.78 is 1.72. The van der Waals surface area contributed by atoms with Crippen molar-refractivity contribution in [3.63, 3.8) is 0 Å². The molecule has 0 bridgehead atoms. The van der Waals surface area contributed by atoms with Gasteiger partial charge in [0.2, 0.25) is 11.1 Å². The molecular weight excluding hydrogens is 336 g/mol. The summed E-state index contributed by atoms with van der Waals surface area (Å²) in [6.07, 6.45) is 6.17. The number of fused-ring (bicyclic) bond motifs is 1. The molecule has 25 heavy (non-hydrogen) atoms. The third-order valence-corrected chi connectivity index (χ3v) is 5.02. The number of rotatable bonds is 3. The van der Waals surface area contributed by atoms with E-state index in [1.165, 1.54) is 24.6 Å². The van der Waals surface area contributed by atoms with Gasteiger partial charge in [0.05, 0.1) is 11.4 Å². The number of hydrogen-bond acceptors (Lipinski definition) is 8. The largest absolute Gasteiger partial charge is 0.341 e. The van der Waals surface area contributed by atoms with Crippen molar-refractivity contribution in [1.82, 2.24) is 34.8 Å². The van der Waals surface area contributed by atoms with E-state index in [-0.39, 0.29) is 0 Å². The van der Waals surface area contributed by atoms with Crippen LogP contribution in [0.25, 0.3) is 17.2 Å². The van der Waals surface area contributed by atoms with Crippen LogP contribution < -0.4 is 4.90 Å². The number of thioether (sulfide) groups is 1. The third kappa shape index (κ3) is 3.04. The minimum atomic E-state index is 0.504. The highest BCUT2D eigenvalue weighted by atomic mass is 32.2. The maximum absolute atomic E-state index is 4.74. The summed E-state index contributed by atoms with van der Waals surface area (Å²) in [5.41, 5.74) is 2.34. The second kappa shape index (κ2) is 6.55. The number of anilines is 1. The Hall–Kier alpha value is -2.29. The number of hydrogen-bond donors (Lipinski definition) is 0. The summed E-state index contributed by atoms with van der Waals surface area (Å²) in [7, 11) is 0. The molecule has 130 valence electrons. The summed E-state index contributed by atoms with van der Waals surface area (Å²) in [6.45, 7) is 6.22. The molecule has 0 aliphatic carbocycles. The molecule has 0 aromatic carbocycles. The van der Waals surface area contributed by atoms with Crippen molar-refractivity contribution in [3.8, 4) is 11.4 Å². The Morgan fingerprint density at radius 1 is 1.24 bits per heavy atom. The molecule has 3 aromatic heterocycles. The first-order valence-corrected chi connectivity index (χ1v) is 9.60. The van der Waals surface area contributed by atoms with E-state index in [4.69, 9.17) is 4.98 Å². The Labute approximate surface area is 150 Å². The van der Waals surface area contributed by atoms with E-state index in [1.54, 1.807) is 10.7 Å². The molecule has 4 heterocycles. The Morgan fingerprint density at radius 3 is 2.92 bits per heavy atom. The van der Waals surface area contributed by atoms with E-state index in [0.717, 1.165) is 30.4 Å². The zero-order valence-corrected chi connectivity index (χ0v) is 15.4. The fourth-order valence-electron chi connectivity index (χ4n) is 3.17. The van der Waals surface area contributed by atoms with E-state index in [9.17, 15) is 0 Å². The maximum atomic E-state index is 4.74. The SMILES string of the molecule is CSc1nc2nnc(-c3ccnc(N4CCCC(C)C4)n3)c(C)n2n1. The highest BCUT2D eigenvalue weighted by Crippen LogP contribution is 2.24. The summed E-state index contributed by atoms with van der Waals surface area (Å²) >= 11 is 1.48. The molecule has 4 rings (SSSR count). The van der Waals surface area contributed by atoms with Gasteiger partial charge in [-0.3, -0.25) is 0 Å². The predicted molar refractivity (Wildman–Crippen MR) is 96.7 cm³/mol. The quantitative estimate of drug-likeness (QED) is 0.661. The van der Waals surface area contributed by atoms with E-state index in [1.807, 2.05) is 19.2 Å². The van der Waals surface area contributed by atoms with Crippen LogP contribution in [-0.2, 0) is 0 Å². The first-order valence-electron chi connectivity index (χ1n) is 8.38. The molecule has 1 fully saturated rings. The fraction of sp³-hybridized carbons (Fsp3) is 0.500. The lowest BCUT2D eigenvalue weighted by atomic mass is 10.0. The molecule has 8 nitrogen and oxygen atoms in total. The number of aromatic nitrogens is 7. The van der Waals surface area contributed by atoms with Crippen molar-refractivity contribution < 1.29 is 0 Å². The van der Waals surface area contributed by atoms with Crippen molar-refractivity contribution in [3.05, 3.63) is 18.0 Å². The molecule has 1 aliphatic heterocycles. The lowest BCUT2D eigenvalue weighted by molar-refractivity contribution is 0.442. The molecular formula is C16H20N8S. The summed E-state index contributed by atoms with van der Waals surface area (Å²) in [5.74, 6) is 1.93. The maximum Gasteiger partial charge on any atom is 0.272 e. The van der Waals surface area contributed by atoms with Crippen molar-refractivity contribution in [2.45, 2.75) is 31.8 Å². The van der Waals surface area contributed by atoms with Gasteiger partial charge in [0, 0.05) is 19.3 Å². The van der Waals surface area contributed by atoms with Gasteiger partial charge in [0.25, 0.3) is 5.78 Å². The standard InChI is InChI=1S/C16H20N8S/c1-10-5-4-8-23(9-10)14-17-7-6-12(18-14)13-11(2)24-15(21-20-13)19-16(22-24)25-3/h6-7,10H,4-5,8-9H2,1-3H3. The Bertz CT molecular complexity index is 908. The predicted octanol–water partition coefficient (Wildman–Crippen LogP) is 2.24. The number of nitrogens with zero attached hydrogens (tertiary/aromatic N) is 8. The normalized spacial score (nSPS) is 18.0. The molecule has 0 saturated carbocycles. The highest BCUT2D eigenvalue weighted by molar-refractivity contribution is 7.98. The van der Waals surface area contributed by atoms with Crippen molar-refractivity contribution in [2.24, 2.45) is 5.92 Å². The molecule has 0 amide bonds. The monoisotopic (exact) mass is 356 g/mol. The van der Waals surface area contributed by atoms with Gasteiger partial charge in [-0.05, 0) is 38.0 Å². The van der Waals surface area contributed by atoms with Crippen LogP contribution in [0, 0.1) is 12.8 Å². The van der Waals surface area contributed by atoms with Gasteiger partial charge in [0.1, 0.15) is 5.69 Å². The average Bonchev–Trinajstić information content (AvgIpc) is 3.06. The summed E-state index contributed by atoms with van der Waals surface area (Å²) in [5, 5.41) is 13.7. The smallest absolute Gasteiger partial charge is 0.272 e.